The quantitative estimate of drug-likeness (QED) is 0.831. The van der Waals surface area contributed by atoms with Crippen molar-refractivity contribution in [3.8, 4) is 11.5 Å². The second kappa shape index (κ2) is 8.32. The van der Waals surface area contributed by atoms with Crippen molar-refractivity contribution in [1.82, 2.24) is 15.1 Å². The first-order valence-corrected chi connectivity index (χ1v) is 8.11. The minimum absolute atomic E-state index is 0.196. The molecule has 0 saturated heterocycles. The van der Waals surface area contributed by atoms with E-state index in [4.69, 9.17) is 9.47 Å². The van der Waals surface area contributed by atoms with Gasteiger partial charge in [0.1, 0.15) is 17.2 Å². The molecule has 1 aromatic heterocycles. The molecule has 7 heteroatoms. The second-order valence-electron chi connectivity index (χ2n) is 5.58. The van der Waals surface area contributed by atoms with Crippen molar-refractivity contribution < 1.29 is 14.3 Å². The Morgan fingerprint density at radius 1 is 1.24 bits per heavy atom. The SMILES string of the molecule is CCCn1nc(C(=O)NC(C)c2cc(OC)ccc2OC)ccc1=O. The van der Waals surface area contributed by atoms with Crippen LogP contribution < -0.4 is 20.3 Å². The molecule has 0 aliphatic carbocycles. The number of methoxy groups -OCH3 is 2. The number of benzene rings is 1. The van der Waals surface area contributed by atoms with Crippen LogP contribution in [0.2, 0.25) is 0 Å². The Kier molecular flexibility index (Phi) is 6.16. The molecular formula is C18H23N3O4. The lowest BCUT2D eigenvalue weighted by atomic mass is 10.1. The van der Waals surface area contributed by atoms with Crippen molar-refractivity contribution >= 4 is 5.91 Å². The summed E-state index contributed by atoms with van der Waals surface area (Å²) >= 11 is 0. The van der Waals surface area contributed by atoms with Crippen LogP contribution in [-0.2, 0) is 6.54 Å². The number of carbonyl (C=O) groups is 1. The van der Waals surface area contributed by atoms with Crippen molar-refractivity contribution in [3.05, 3.63) is 51.9 Å². The molecule has 1 atom stereocenters. The van der Waals surface area contributed by atoms with Crippen LogP contribution in [0.4, 0.5) is 0 Å². The number of ether oxygens (including phenoxy) is 2. The summed E-state index contributed by atoms with van der Waals surface area (Å²) in [6.45, 7) is 4.26. The first-order chi connectivity index (χ1) is 12.0. The van der Waals surface area contributed by atoms with Crippen LogP contribution >= 0.6 is 0 Å². The summed E-state index contributed by atoms with van der Waals surface area (Å²) in [5, 5.41) is 7.00. The third kappa shape index (κ3) is 4.37. The molecule has 25 heavy (non-hydrogen) atoms. The molecule has 1 heterocycles. The molecule has 0 saturated carbocycles. The number of aromatic nitrogens is 2. The largest absolute Gasteiger partial charge is 0.497 e. The summed E-state index contributed by atoms with van der Waals surface area (Å²) in [7, 11) is 3.15. The van der Waals surface area contributed by atoms with Gasteiger partial charge < -0.3 is 14.8 Å². The highest BCUT2D eigenvalue weighted by Gasteiger charge is 2.17. The molecule has 0 bridgehead atoms. The molecule has 0 aliphatic heterocycles. The Morgan fingerprint density at radius 3 is 2.64 bits per heavy atom. The summed E-state index contributed by atoms with van der Waals surface area (Å²) in [5.41, 5.74) is 0.764. The van der Waals surface area contributed by atoms with E-state index in [1.54, 1.807) is 26.4 Å². The highest BCUT2D eigenvalue weighted by atomic mass is 16.5. The smallest absolute Gasteiger partial charge is 0.272 e. The second-order valence-corrected chi connectivity index (χ2v) is 5.58. The van der Waals surface area contributed by atoms with Crippen LogP contribution in [0.15, 0.2) is 35.1 Å². The Balaban J connectivity index is 2.23. The molecule has 2 rings (SSSR count). The Labute approximate surface area is 146 Å². The van der Waals surface area contributed by atoms with Gasteiger partial charge in [0, 0.05) is 18.2 Å². The van der Waals surface area contributed by atoms with E-state index >= 15 is 0 Å². The molecule has 2 aromatic rings. The highest BCUT2D eigenvalue weighted by molar-refractivity contribution is 5.92. The van der Waals surface area contributed by atoms with Crippen molar-refractivity contribution in [1.29, 1.82) is 0 Å². The van der Waals surface area contributed by atoms with Gasteiger partial charge in [0.05, 0.1) is 20.3 Å². The fourth-order valence-electron chi connectivity index (χ4n) is 2.47. The Morgan fingerprint density at radius 2 is 2.00 bits per heavy atom. The molecule has 1 aromatic carbocycles. The van der Waals surface area contributed by atoms with Crippen molar-refractivity contribution in [2.24, 2.45) is 0 Å². The van der Waals surface area contributed by atoms with E-state index in [1.165, 1.54) is 16.8 Å². The zero-order valence-corrected chi connectivity index (χ0v) is 14.9. The molecule has 0 spiro atoms. The lowest BCUT2D eigenvalue weighted by molar-refractivity contribution is 0.0931. The number of nitrogens with zero attached hydrogens (tertiary/aromatic N) is 2. The fraction of sp³-hybridized carbons (Fsp3) is 0.389. The number of hydrogen-bond acceptors (Lipinski definition) is 5. The van der Waals surface area contributed by atoms with Crippen molar-refractivity contribution in [2.75, 3.05) is 14.2 Å². The van der Waals surface area contributed by atoms with Crippen LogP contribution in [0.25, 0.3) is 0 Å². The third-order valence-electron chi connectivity index (χ3n) is 3.79. The van der Waals surface area contributed by atoms with E-state index < -0.39 is 0 Å². The normalized spacial score (nSPS) is 11.7. The zero-order valence-electron chi connectivity index (χ0n) is 14.9. The molecule has 1 unspecified atom stereocenters. The third-order valence-corrected chi connectivity index (χ3v) is 3.79. The minimum Gasteiger partial charge on any atom is -0.497 e. The van der Waals surface area contributed by atoms with E-state index in [-0.39, 0.29) is 23.2 Å². The molecule has 1 N–H and O–H groups in total. The van der Waals surface area contributed by atoms with Crippen molar-refractivity contribution in [2.45, 2.75) is 32.9 Å². The lowest BCUT2D eigenvalue weighted by Crippen LogP contribution is -2.31. The number of hydrogen-bond donors (Lipinski definition) is 1. The standard InChI is InChI=1S/C18H23N3O4/c1-5-10-21-17(22)9-7-15(20-21)18(23)19-12(2)14-11-13(24-3)6-8-16(14)25-4/h6-9,11-12H,5,10H2,1-4H3,(H,19,23). The van der Waals surface area contributed by atoms with Gasteiger partial charge in [-0.25, -0.2) is 4.68 Å². The van der Waals surface area contributed by atoms with Gasteiger partial charge in [-0.3, -0.25) is 9.59 Å². The maximum Gasteiger partial charge on any atom is 0.272 e. The van der Waals surface area contributed by atoms with Gasteiger partial charge in [0.25, 0.3) is 11.5 Å². The van der Waals surface area contributed by atoms with Crippen LogP contribution in [0, 0.1) is 0 Å². The van der Waals surface area contributed by atoms with E-state index in [9.17, 15) is 9.59 Å². The summed E-state index contributed by atoms with van der Waals surface area (Å²) in [6, 6.07) is 7.85. The summed E-state index contributed by atoms with van der Waals surface area (Å²) in [6.07, 6.45) is 0.759. The predicted molar refractivity (Wildman–Crippen MR) is 94.2 cm³/mol. The number of aryl methyl sites for hydroxylation is 1. The molecule has 0 fully saturated rings. The maximum atomic E-state index is 12.5. The highest BCUT2D eigenvalue weighted by Crippen LogP contribution is 2.29. The summed E-state index contributed by atoms with van der Waals surface area (Å²) in [5.74, 6) is 0.964. The van der Waals surface area contributed by atoms with Crippen LogP contribution in [0.3, 0.4) is 0 Å². The fourth-order valence-corrected chi connectivity index (χ4v) is 2.47. The van der Waals surface area contributed by atoms with Crippen LogP contribution in [0.5, 0.6) is 11.5 Å². The van der Waals surface area contributed by atoms with Gasteiger partial charge in [-0.05, 0) is 37.6 Å². The summed E-state index contributed by atoms with van der Waals surface area (Å²) < 4.78 is 11.9. The van der Waals surface area contributed by atoms with Gasteiger partial charge in [0.2, 0.25) is 0 Å². The number of rotatable bonds is 7. The average molecular weight is 345 g/mol. The Hall–Kier alpha value is -2.83. The first-order valence-electron chi connectivity index (χ1n) is 8.11. The molecule has 0 radical (unpaired) electrons. The Bertz CT molecular complexity index is 801. The van der Waals surface area contributed by atoms with Crippen LogP contribution in [0.1, 0.15) is 42.4 Å². The van der Waals surface area contributed by atoms with E-state index in [2.05, 4.69) is 10.4 Å². The maximum absolute atomic E-state index is 12.5. The van der Waals surface area contributed by atoms with E-state index in [1.807, 2.05) is 19.9 Å². The number of amides is 1. The zero-order chi connectivity index (χ0) is 18.4. The monoisotopic (exact) mass is 345 g/mol. The van der Waals surface area contributed by atoms with Gasteiger partial charge in [0.15, 0.2) is 0 Å². The molecule has 1 amide bonds. The predicted octanol–water partition coefficient (Wildman–Crippen LogP) is 2.16. The molecule has 0 aliphatic rings. The van der Waals surface area contributed by atoms with Crippen molar-refractivity contribution in [3.63, 3.8) is 0 Å². The average Bonchev–Trinajstić information content (AvgIpc) is 2.62. The molecule has 134 valence electrons. The minimum atomic E-state index is -0.359. The number of nitrogens with one attached hydrogen (secondary N) is 1. The first kappa shape index (κ1) is 18.5. The lowest BCUT2D eigenvalue weighted by Gasteiger charge is -2.18. The topological polar surface area (TPSA) is 82.5 Å². The van der Waals surface area contributed by atoms with E-state index in [0.29, 0.717) is 18.0 Å². The molecular weight excluding hydrogens is 322 g/mol. The summed E-state index contributed by atoms with van der Waals surface area (Å²) in [4.78, 5) is 24.2. The number of carbonyl (C=O) groups excluding carboxylic acids is 1. The van der Waals surface area contributed by atoms with Crippen LogP contribution in [-0.4, -0.2) is 29.9 Å². The van der Waals surface area contributed by atoms with Gasteiger partial charge >= 0.3 is 0 Å². The van der Waals surface area contributed by atoms with Gasteiger partial charge in [-0.1, -0.05) is 6.92 Å². The van der Waals surface area contributed by atoms with E-state index in [0.717, 1.165) is 12.0 Å². The molecule has 7 nitrogen and oxygen atoms in total. The van der Waals surface area contributed by atoms with Gasteiger partial charge in [-0.2, -0.15) is 5.10 Å². The van der Waals surface area contributed by atoms with Gasteiger partial charge in [-0.15, -0.1) is 0 Å².